The molecule has 1 heterocycles. The molecule has 1 rings (SSSR count). The molecule has 0 radical (unpaired) electrons. The smallest absolute Gasteiger partial charge is 0.230 e. The molecule has 0 aliphatic rings. The number of hydrogen-bond acceptors (Lipinski definition) is 4. The third kappa shape index (κ3) is 5.53. The maximum Gasteiger partial charge on any atom is 0.230 e. The van der Waals surface area contributed by atoms with Crippen molar-refractivity contribution < 1.29 is 4.79 Å². The van der Waals surface area contributed by atoms with Crippen molar-refractivity contribution in [3.63, 3.8) is 0 Å². The van der Waals surface area contributed by atoms with Crippen LogP contribution in [-0.4, -0.2) is 32.5 Å². The molecule has 1 amide bonds. The Labute approximate surface area is 113 Å². The predicted octanol–water partition coefficient (Wildman–Crippen LogP) is 1.99. The van der Waals surface area contributed by atoms with Crippen LogP contribution in [0.4, 0.5) is 0 Å². The van der Waals surface area contributed by atoms with Crippen LogP contribution < -0.4 is 5.32 Å². The standard InChI is InChI=1S/C12H22N4OS/c1-4-5-6-7-10(2)14-11(17)8-18-12-15-13-9-16(12)3/h9-10H,4-8H2,1-3H3,(H,14,17). The minimum Gasteiger partial charge on any atom is -0.353 e. The highest BCUT2D eigenvalue weighted by atomic mass is 32.2. The summed E-state index contributed by atoms with van der Waals surface area (Å²) in [6, 6.07) is 0.254. The Bertz CT molecular complexity index is 367. The van der Waals surface area contributed by atoms with Gasteiger partial charge in [0.2, 0.25) is 5.91 Å². The van der Waals surface area contributed by atoms with Crippen molar-refractivity contribution >= 4 is 17.7 Å². The molecule has 0 bridgehead atoms. The lowest BCUT2D eigenvalue weighted by molar-refractivity contribution is -0.119. The molecule has 0 saturated heterocycles. The molecule has 0 aliphatic heterocycles. The van der Waals surface area contributed by atoms with E-state index in [1.54, 1.807) is 6.33 Å². The fourth-order valence-electron chi connectivity index (χ4n) is 1.62. The second kappa shape index (κ2) is 8.13. The van der Waals surface area contributed by atoms with Gasteiger partial charge in [-0.25, -0.2) is 0 Å². The number of nitrogens with one attached hydrogen (secondary N) is 1. The molecule has 102 valence electrons. The van der Waals surface area contributed by atoms with Gasteiger partial charge in [0.1, 0.15) is 6.33 Å². The van der Waals surface area contributed by atoms with Gasteiger partial charge in [0.05, 0.1) is 5.75 Å². The third-order valence-corrected chi connectivity index (χ3v) is 3.68. The van der Waals surface area contributed by atoms with E-state index >= 15 is 0 Å². The zero-order valence-electron chi connectivity index (χ0n) is 11.3. The zero-order valence-corrected chi connectivity index (χ0v) is 12.2. The van der Waals surface area contributed by atoms with Crippen molar-refractivity contribution in [2.45, 2.75) is 50.7 Å². The Hall–Kier alpha value is -1.04. The van der Waals surface area contributed by atoms with E-state index in [0.29, 0.717) is 5.75 Å². The topological polar surface area (TPSA) is 59.8 Å². The van der Waals surface area contributed by atoms with Gasteiger partial charge in [0, 0.05) is 13.1 Å². The van der Waals surface area contributed by atoms with Gasteiger partial charge in [-0.05, 0) is 13.3 Å². The van der Waals surface area contributed by atoms with Crippen LogP contribution in [0.1, 0.15) is 39.5 Å². The fraction of sp³-hybridized carbons (Fsp3) is 0.750. The summed E-state index contributed by atoms with van der Waals surface area (Å²) >= 11 is 1.41. The lowest BCUT2D eigenvalue weighted by Crippen LogP contribution is -2.33. The summed E-state index contributed by atoms with van der Waals surface area (Å²) in [4.78, 5) is 11.7. The highest BCUT2D eigenvalue weighted by molar-refractivity contribution is 7.99. The van der Waals surface area contributed by atoms with Crippen LogP contribution in [0.3, 0.4) is 0 Å². The minimum atomic E-state index is 0.0620. The summed E-state index contributed by atoms with van der Waals surface area (Å²) < 4.78 is 1.81. The molecule has 0 aliphatic carbocycles. The molecule has 1 atom stereocenters. The molecular formula is C12H22N4OS. The highest BCUT2D eigenvalue weighted by Crippen LogP contribution is 2.12. The van der Waals surface area contributed by atoms with Crippen LogP contribution in [0.15, 0.2) is 11.5 Å². The van der Waals surface area contributed by atoms with E-state index in [2.05, 4.69) is 29.4 Å². The fourth-order valence-corrected chi connectivity index (χ4v) is 2.32. The van der Waals surface area contributed by atoms with Crippen molar-refractivity contribution in [3.8, 4) is 0 Å². The van der Waals surface area contributed by atoms with E-state index in [-0.39, 0.29) is 11.9 Å². The molecule has 1 N–H and O–H groups in total. The maximum atomic E-state index is 11.7. The van der Waals surface area contributed by atoms with E-state index in [1.165, 1.54) is 31.0 Å². The van der Waals surface area contributed by atoms with Crippen molar-refractivity contribution in [3.05, 3.63) is 6.33 Å². The first kappa shape index (κ1) is 15.0. The van der Waals surface area contributed by atoms with Crippen LogP contribution in [0.25, 0.3) is 0 Å². The summed E-state index contributed by atoms with van der Waals surface area (Å²) in [6.45, 7) is 4.24. The van der Waals surface area contributed by atoms with Gasteiger partial charge in [0.15, 0.2) is 5.16 Å². The predicted molar refractivity (Wildman–Crippen MR) is 73.5 cm³/mol. The molecule has 0 aromatic carbocycles. The lowest BCUT2D eigenvalue weighted by atomic mass is 10.1. The minimum absolute atomic E-state index is 0.0620. The molecular weight excluding hydrogens is 248 g/mol. The zero-order chi connectivity index (χ0) is 13.4. The van der Waals surface area contributed by atoms with Crippen LogP contribution in [-0.2, 0) is 11.8 Å². The van der Waals surface area contributed by atoms with Gasteiger partial charge in [0.25, 0.3) is 0 Å². The van der Waals surface area contributed by atoms with Crippen LogP contribution >= 0.6 is 11.8 Å². The maximum absolute atomic E-state index is 11.7. The summed E-state index contributed by atoms with van der Waals surface area (Å²) in [6.07, 6.45) is 6.30. The molecule has 1 unspecified atom stereocenters. The second-order valence-electron chi connectivity index (χ2n) is 4.48. The number of rotatable bonds is 8. The molecule has 5 nitrogen and oxygen atoms in total. The van der Waals surface area contributed by atoms with Gasteiger partial charge in [-0.2, -0.15) is 0 Å². The van der Waals surface area contributed by atoms with E-state index in [1.807, 2.05) is 11.6 Å². The Morgan fingerprint density at radius 1 is 1.56 bits per heavy atom. The van der Waals surface area contributed by atoms with E-state index in [0.717, 1.165) is 11.6 Å². The molecule has 6 heteroatoms. The summed E-state index contributed by atoms with van der Waals surface area (Å²) in [5, 5.41) is 11.5. The Balaban J connectivity index is 2.19. The van der Waals surface area contributed by atoms with E-state index < -0.39 is 0 Å². The van der Waals surface area contributed by atoms with E-state index in [4.69, 9.17) is 0 Å². The number of carbonyl (C=O) groups is 1. The molecule has 1 aromatic heterocycles. The Kier molecular flexibility index (Phi) is 6.78. The second-order valence-corrected chi connectivity index (χ2v) is 5.42. The van der Waals surface area contributed by atoms with E-state index in [9.17, 15) is 4.79 Å². The lowest BCUT2D eigenvalue weighted by Gasteiger charge is -2.13. The molecule has 18 heavy (non-hydrogen) atoms. The first-order valence-electron chi connectivity index (χ1n) is 6.39. The largest absolute Gasteiger partial charge is 0.353 e. The molecule has 0 saturated carbocycles. The van der Waals surface area contributed by atoms with Crippen molar-refractivity contribution in [2.24, 2.45) is 7.05 Å². The van der Waals surface area contributed by atoms with Crippen molar-refractivity contribution in [1.29, 1.82) is 0 Å². The molecule has 0 fully saturated rings. The van der Waals surface area contributed by atoms with Crippen molar-refractivity contribution in [2.75, 3.05) is 5.75 Å². The SMILES string of the molecule is CCCCCC(C)NC(=O)CSc1nncn1C. The molecule has 1 aromatic rings. The normalized spacial score (nSPS) is 12.4. The molecule has 0 spiro atoms. The average molecular weight is 270 g/mol. The quantitative estimate of drug-likeness (QED) is 0.580. The van der Waals surface area contributed by atoms with Crippen LogP contribution in [0, 0.1) is 0 Å². The number of nitrogens with zero attached hydrogens (tertiary/aromatic N) is 3. The number of aryl methyl sites for hydroxylation is 1. The number of carbonyl (C=O) groups excluding carboxylic acids is 1. The number of hydrogen-bond donors (Lipinski definition) is 1. The highest BCUT2D eigenvalue weighted by Gasteiger charge is 2.09. The monoisotopic (exact) mass is 270 g/mol. The number of thioether (sulfide) groups is 1. The first-order chi connectivity index (χ1) is 8.63. The number of amides is 1. The van der Waals surface area contributed by atoms with Gasteiger partial charge in [-0.15, -0.1) is 10.2 Å². The summed E-state index contributed by atoms with van der Waals surface area (Å²) in [5.41, 5.74) is 0. The third-order valence-electron chi connectivity index (χ3n) is 2.65. The van der Waals surface area contributed by atoms with Crippen LogP contribution in [0.2, 0.25) is 0 Å². The summed E-state index contributed by atoms with van der Waals surface area (Å²) in [7, 11) is 1.87. The van der Waals surface area contributed by atoms with Crippen LogP contribution in [0.5, 0.6) is 0 Å². The van der Waals surface area contributed by atoms with Gasteiger partial charge >= 0.3 is 0 Å². The van der Waals surface area contributed by atoms with Crippen molar-refractivity contribution in [1.82, 2.24) is 20.1 Å². The number of unbranched alkanes of at least 4 members (excludes halogenated alkanes) is 2. The summed E-state index contributed by atoms with van der Waals surface area (Å²) in [5.74, 6) is 0.456. The average Bonchev–Trinajstić information content (AvgIpc) is 2.72. The van der Waals surface area contributed by atoms with Gasteiger partial charge < -0.3 is 9.88 Å². The number of aromatic nitrogens is 3. The van der Waals surface area contributed by atoms with Gasteiger partial charge in [-0.1, -0.05) is 37.9 Å². The Morgan fingerprint density at radius 3 is 2.94 bits per heavy atom. The Morgan fingerprint density at radius 2 is 2.33 bits per heavy atom. The van der Waals surface area contributed by atoms with Gasteiger partial charge in [-0.3, -0.25) is 4.79 Å². The first-order valence-corrected chi connectivity index (χ1v) is 7.38.